The Morgan fingerprint density at radius 1 is 1.28 bits per heavy atom. The zero-order valence-electron chi connectivity index (χ0n) is 13.6. The highest BCUT2D eigenvalue weighted by Crippen LogP contribution is 2.37. The fourth-order valence-corrected chi connectivity index (χ4v) is 3.11. The highest BCUT2D eigenvalue weighted by Gasteiger charge is 2.34. The minimum Gasteiger partial charge on any atom is -0.341 e. The third kappa shape index (κ3) is 4.34. The normalized spacial score (nSPS) is 18.3. The van der Waals surface area contributed by atoms with E-state index in [9.17, 15) is 13.2 Å². The zero-order chi connectivity index (χ0) is 18.0. The van der Waals surface area contributed by atoms with Crippen LogP contribution in [0, 0.1) is 5.92 Å². The topological polar surface area (TPSA) is 41.1 Å². The maximum absolute atomic E-state index is 13.2. The summed E-state index contributed by atoms with van der Waals surface area (Å²) < 4.78 is 39.6. The minimum absolute atomic E-state index is 0.0311. The quantitative estimate of drug-likeness (QED) is 0.813. The van der Waals surface area contributed by atoms with Crippen LogP contribution in [0.15, 0.2) is 30.5 Å². The summed E-state index contributed by atoms with van der Waals surface area (Å²) >= 11 is 5.71. The van der Waals surface area contributed by atoms with E-state index >= 15 is 0 Å². The van der Waals surface area contributed by atoms with Crippen molar-refractivity contribution in [1.82, 2.24) is 9.97 Å². The van der Waals surface area contributed by atoms with E-state index in [0.717, 1.165) is 32.0 Å². The Balaban J connectivity index is 1.86. The molecule has 1 aromatic carbocycles. The molecule has 0 radical (unpaired) electrons. The van der Waals surface area contributed by atoms with Crippen molar-refractivity contribution in [2.45, 2.75) is 25.9 Å². The number of benzene rings is 1. The summed E-state index contributed by atoms with van der Waals surface area (Å²) in [5, 5.41) is 2.77. The van der Waals surface area contributed by atoms with Gasteiger partial charge < -0.3 is 10.2 Å². The highest BCUT2D eigenvalue weighted by molar-refractivity contribution is 6.30. The van der Waals surface area contributed by atoms with Crippen LogP contribution in [-0.2, 0) is 6.18 Å². The molecule has 1 atom stereocenters. The first-order valence-corrected chi connectivity index (χ1v) is 8.42. The molecule has 8 heteroatoms. The molecule has 134 valence electrons. The fourth-order valence-electron chi connectivity index (χ4n) is 2.94. The van der Waals surface area contributed by atoms with Crippen molar-refractivity contribution < 1.29 is 13.2 Å². The Kier molecular flexibility index (Phi) is 5.03. The van der Waals surface area contributed by atoms with E-state index in [2.05, 4.69) is 27.1 Å². The van der Waals surface area contributed by atoms with Crippen LogP contribution in [0.5, 0.6) is 0 Å². The van der Waals surface area contributed by atoms with Crippen LogP contribution < -0.4 is 10.2 Å². The Morgan fingerprint density at radius 2 is 2.08 bits per heavy atom. The molecule has 0 saturated carbocycles. The summed E-state index contributed by atoms with van der Waals surface area (Å²) in [6.07, 6.45) is -0.746. The van der Waals surface area contributed by atoms with Crippen molar-refractivity contribution in [2.75, 3.05) is 23.3 Å². The second-order valence-corrected chi connectivity index (χ2v) is 6.68. The van der Waals surface area contributed by atoms with Gasteiger partial charge in [-0.15, -0.1) is 0 Å². The Morgan fingerprint density at radius 3 is 2.80 bits per heavy atom. The molecule has 4 nitrogen and oxygen atoms in total. The lowest BCUT2D eigenvalue weighted by molar-refractivity contribution is -0.136. The number of alkyl halides is 3. The molecule has 1 aliphatic heterocycles. The van der Waals surface area contributed by atoms with Gasteiger partial charge in [-0.2, -0.15) is 18.2 Å². The smallest absolute Gasteiger partial charge is 0.341 e. The van der Waals surface area contributed by atoms with Crippen LogP contribution in [0.4, 0.5) is 30.6 Å². The van der Waals surface area contributed by atoms with Gasteiger partial charge >= 0.3 is 6.18 Å². The summed E-state index contributed by atoms with van der Waals surface area (Å²) in [6.45, 7) is 3.86. The van der Waals surface area contributed by atoms with E-state index in [1.807, 2.05) is 0 Å². The van der Waals surface area contributed by atoms with Crippen LogP contribution in [0.25, 0.3) is 0 Å². The number of halogens is 4. The van der Waals surface area contributed by atoms with Crippen LogP contribution in [0.3, 0.4) is 0 Å². The zero-order valence-corrected chi connectivity index (χ0v) is 14.4. The lowest BCUT2D eigenvalue weighted by Gasteiger charge is -2.31. The summed E-state index contributed by atoms with van der Waals surface area (Å²) in [7, 11) is 0. The Labute approximate surface area is 149 Å². The molecule has 1 aliphatic rings. The van der Waals surface area contributed by atoms with Crippen LogP contribution >= 0.6 is 11.6 Å². The SMILES string of the molecule is CC1CCCN(c2nccc(Nc3ccc(Cl)cc3C(F)(F)F)n2)C1. The van der Waals surface area contributed by atoms with Gasteiger partial charge in [0.2, 0.25) is 5.95 Å². The van der Waals surface area contributed by atoms with Gasteiger partial charge in [0, 0.05) is 24.3 Å². The molecule has 0 amide bonds. The van der Waals surface area contributed by atoms with Crippen molar-refractivity contribution in [1.29, 1.82) is 0 Å². The first-order chi connectivity index (χ1) is 11.8. The Bertz CT molecular complexity index is 751. The number of nitrogens with zero attached hydrogens (tertiary/aromatic N) is 3. The van der Waals surface area contributed by atoms with E-state index in [4.69, 9.17) is 11.6 Å². The third-order valence-electron chi connectivity index (χ3n) is 4.13. The summed E-state index contributed by atoms with van der Waals surface area (Å²) in [5.74, 6) is 1.39. The molecule has 1 unspecified atom stereocenters. The number of hydrogen-bond acceptors (Lipinski definition) is 4. The molecule has 0 bridgehead atoms. The summed E-state index contributed by atoms with van der Waals surface area (Å²) in [5.41, 5.74) is -0.916. The van der Waals surface area contributed by atoms with E-state index in [-0.39, 0.29) is 10.7 Å². The van der Waals surface area contributed by atoms with Crippen LogP contribution in [0.1, 0.15) is 25.3 Å². The monoisotopic (exact) mass is 370 g/mol. The van der Waals surface area contributed by atoms with Crippen molar-refractivity contribution in [3.8, 4) is 0 Å². The first-order valence-electron chi connectivity index (χ1n) is 8.04. The maximum Gasteiger partial charge on any atom is 0.418 e. The van der Waals surface area contributed by atoms with Crippen molar-refractivity contribution in [3.05, 3.63) is 41.0 Å². The lowest BCUT2D eigenvalue weighted by atomic mass is 10.0. The number of nitrogens with one attached hydrogen (secondary N) is 1. The fraction of sp³-hybridized carbons (Fsp3) is 0.412. The van der Waals surface area contributed by atoms with Crippen LogP contribution in [0.2, 0.25) is 5.02 Å². The van der Waals surface area contributed by atoms with E-state index in [0.29, 0.717) is 17.7 Å². The number of rotatable bonds is 3. The lowest BCUT2D eigenvalue weighted by Crippen LogP contribution is -2.35. The molecular formula is C17H18ClF3N4. The predicted molar refractivity (Wildman–Crippen MR) is 92.4 cm³/mol. The number of anilines is 3. The van der Waals surface area contributed by atoms with Crippen molar-refractivity contribution in [2.24, 2.45) is 5.92 Å². The molecule has 2 aromatic rings. The van der Waals surface area contributed by atoms with Gasteiger partial charge in [0.05, 0.1) is 11.3 Å². The standard InChI is InChI=1S/C17H18ClF3N4/c1-11-3-2-8-25(10-11)16-22-7-6-15(24-16)23-14-5-4-12(18)9-13(14)17(19,20)21/h4-7,9,11H,2-3,8,10H2,1H3,(H,22,23,24). The second-order valence-electron chi connectivity index (χ2n) is 6.25. The highest BCUT2D eigenvalue weighted by atomic mass is 35.5. The molecule has 25 heavy (non-hydrogen) atoms. The molecule has 1 fully saturated rings. The average molecular weight is 371 g/mol. The largest absolute Gasteiger partial charge is 0.418 e. The number of hydrogen-bond donors (Lipinski definition) is 1. The average Bonchev–Trinajstić information content (AvgIpc) is 2.56. The molecule has 3 rings (SSSR count). The van der Waals surface area contributed by atoms with Gasteiger partial charge in [-0.25, -0.2) is 4.98 Å². The van der Waals surface area contributed by atoms with Gasteiger partial charge in [-0.3, -0.25) is 0 Å². The van der Waals surface area contributed by atoms with E-state index in [1.165, 1.54) is 12.1 Å². The molecular weight excluding hydrogens is 353 g/mol. The molecule has 1 aromatic heterocycles. The van der Waals surface area contributed by atoms with Gasteiger partial charge in [-0.1, -0.05) is 18.5 Å². The first kappa shape index (κ1) is 17.8. The van der Waals surface area contributed by atoms with Gasteiger partial charge in [0.15, 0.2) is 0 Å². The molecule has 1 saturated heterocycles. The van der Waals surface area contributed by atoms with Gasteiger partial charge in [-0.05, 0) is 43.0 Å². The number of aromatic nitrogens is 2. The third-order valence-corrected chi connectivity index (χ3v) is 4.37. The molecule has 1 N–H and O–H groups in total. The molecule has 0 aliphatic carbocycles. The van der Waals surface area contributed by atoms with Gasteiger partial charge in [0.1, 0.15) is 5.82 Å². The van der Waals surface area contributed by atoms with Crippen LogP contribution in [-0.4, -0.2) is 23.1 Å². The molecule has 0 spiro atoms. The molecule has 2 heterocycles. The predicted octanol–water partition coefficient (Wildman–Crippen LogP) is 5.13. The summed E-state index contributed by atoms with van der Waals surface area (Å²) in [6, 6.07) is 5.16. The van der Waals surface area contributed by atoms with E-state index < -0.39 is 11.7 Å². The number of piperidine rings is 1. The second kappa shape index (κ2) is 7.07. The Hall–Kier alpha value is -2.02. The van der Waals surface area contributed by atoms with E-state index in [1.54, 1.807) is 12.3 Å². The van der Waals surface area contributed by atoms with Gasteiger partial charge in [0.25, 0.3) is 0 Å². The van der Waals surface area contributed by atoms with Crippen molar-refractivity contribution >= 4 is 29.1 Å². The summed E-state index contributed by atoms with van der Waals surface area (Å²) in [4.78, 5) is 10.7. The maximum atomic E-state index is 13.2. The minimum atomic E-state index is -4.51. The van der Waals surface area contributed by atoms with Crippen molar-refractivity contribution in [3.63, 3.8) is 0 Å².